The molecule has 1 saturated heterocycles. The molecular weight excluding hydrogens is 374 g/mol. The highest BCUT2D eigenvalue weighted by atomic mass is 32.2. The van der Waals surface area contributed by atoms with Gasteiger partial charge in [-0.3, -0.25) is 9.59 Å². The van der Waals surface area contributed by atoms with E-state index in [1.165, 1.54) is 19.1 Å². The number of hydrogen-bond acceptors (Lipinski definition) is 6. The lowest BCUT2D eigenvalue weighted by atomic mass is 10.3. The van der Waals surface area contributed by atoms with Crippen LogP contribution in [0.1, 0.15) is 13.3 Å². The second-order valence-corrected chi connectivity index (χ2v) is 8.11. The molecule has 0 aromatic heterocycles. The minimum Gasteiger partial charge on any atom is -0.486 e. The van der Waals surface area contributed by atoms with E-state index in [2.05, 4.69) is 4.72 Å². The van der Waals surface area contributed by atoms with E-state index < -0.39 is 10.0 Å². The van der Waals surface area contributed by atoms with Crippen LogP contribution in [0.25, 0.3) is 0 Å². The Balaban J connectivity index is 1.51. The molecule has 0 atom stereocenters. The highest BCUT2D eigenvalue weighted by Crippen LogP contribution is 2.32. The molecule has 0 bridgehead atoms. The fourth-order valence-electron chi connectivity index (χ4n) is 3.00. The Kier molecular flexibility index (Phi) is 5.85. The summed E-state index contributed by atoms with van der Waals surface area (Å²) in [6.45, 7) is 4.25. The Morgan fingerprint density at radius 3 is 2.33 bits per heavy atom. The minimum absolute atomic E-state index is 0.00251. The van der Waals surface area contributed by atoms with Crippen LogP contribution in [0.3, 0.4) is 0 Å². The van der Waals surface area contributed by atoms with E-state index in [1.54, 1.807) is 15.9 Å². The van der Waals surface area contributed by atoms with Gasteiger partial charge in [-0.1, -0.05) is 0 Å². The molecule has 0 spiro atoms. The van der Waals surface area contributed by atoms with E-state index in [0.29, 0.717) is 50.9 Å². The van der Waals surface area contributed by atoms with E-state index >= 15 is 0 Å². The highest BCUT2D eigenvalue weighted by molar-refractivity contribution is 7.89. The lowest BCUT2D eigenvalue weighted by Gasteiger charge is -2.34. The minimum atomic E-state index is -3.75. The number of nitrogens with one attached hydrogen (secondary N) is 1. The fraction of sp³-hybridized carbons (Fsp3) is 0.529. The van der Waals surface area contributed by atoms with Gasteiger partial charge in [0.25, 0.3) is 0 Å². The number of carbonyl (C=O) groups excluding carboxylic acids is 2. The molecule has 1 aromatic carbocycles. The summed E-state index contributed by atoms with van der Waals surface area (Å²) in [4.78, 5) is 27.0. The van der Waals surface area contributed by atoms with Gasteiger partial charge in [0.15, 0.2) is 11.5 Å². The van der Waals surface area contributed by atoms with Crippen LogP contribution in [0, 0.1) is 0 Å². The molecule has 3 rings (SSSR count). The van der Waals surface area contributed by atoms with Crippen molar-refractivity contribution in [3.8, 4) is 11.5 Å². The van der Waals surface area contributed by atoms with Gasteiger partial charge in [-0.25, -0.2) is 13.1 Å². The molecule has 0 saturated carbocycles. The van der Waals surface area contributed by atoms with Gasteiger partial charge in [0.05, 0.1) is 4.90 Å². The molecular formula is C17H23N3O6S. The number of amides is 2. The van der Waals surface area contributed by atoms with Crippen molar-refractivity contribution in [3.05, 3.63) is 18.2 Å². The lowest BCUT2D eigenvalue weighted by molar-refractivity contribution is -0.138. The second kappa shape index (κ2) is 8.13. The van der Waals surface area contributed by atoms with Crippen LogP contribution in [-0.4, -0.2) is 76.0 Å². The van der Waals surface area contributed by atoms with Gasteiger partial charge in [0, 0.05) is 52.1 Å². The first-order valence-corrected chi connectivity index (χ1v) is 10.3. The highest BCUT2D eigenvalue weighted by Gasteiger charge is 2.23. The van der Waals surface area contributed by atoms with Gasteiger partial charge in [0.1, 0.15) is 13.2 Å². The SMILES string of the molecule is CC(=O)N1CCN(C(=O)CCNS(=O)(=O)c2ccc3c(c2)OCCO3)CC1. The average molecular weight is 397 g/mol. The predicted molar refractivity (Wildman–Crippen MR) is 96.1 cm³/mol. The van der Waals surface area contributed by atoms with Gasteiger partial charge in [-0.15, -0.1) is 0 Å². The summed E-state index contributed by atoms with van der Waals surface area (Å²) in [5.41, 5.74) is 0. The first-order chi connectivity index (χ1) is 12.9. The Morgan fingerprint density at radius 1 is 1.04 bits per heavy atom. The molecule has 0 aliphatic carbocycles. The van der Waals surface area contributed by atoms with E-state index in [-0.39, 0.29) is 29.7 Å². The summed E-state index contributed by atoms with van der Waals surface area (Å²) >= 11 is 0. The number of ether oxygens (including phenoxy) is 2. The first kappa shape index (κ1) is 19.4. The van der Waals surface area contributed by atoms with Crippen molar-refractivity contribution in [2.75, 3.05) is 45.9 Å². The summed E-state index contributed by atoms with van der Waals surface area (Å²) in [6.07, 6.45) is 0.0594. The molecule has 2 heterocycles. The molecule has 1 aromatic rings. The summed E-state index contributed by atoms with van der Waals surface area (Å²) < 4.78 is 38.1. The summed E-state index contributed by atoms with van der Waals surface area (Å²) in [6, 6.07) is 4.42. The maximum Gasteiger partial charge on any atom is 0.240 e. The van der Waals surface area contributed by atoms with Gasteiger partial charge in [-0.05, 0) is 12.1 Å². The summed E-state index contributed by atoms with van der Waals surface area (Å²) in [7, 11) is -3.75. The normalized spacial score (nSPS) is 16.9. The van der Waals surface area contributed by atoms with Crippen LogP contribution in [-0.2, 0) is 19.6 Å². The lowest BCUT2D eigenvalue weighted by Crippen LogP contribution is -2.50. The average Bonchev–Trinajstić information content (AvgIpc) is 2.67. The van der Waals surface area contributed by atoms with Crippen LogP contribution in [0.5, 0.6) is 11.5 Å². The molecule has 10 heteroatoms. The Hall–Kier alpha value is -2.33. The van der Waals surface area contributed by atoms with Crippen molar-refractivity contribution < 1.29 is 27.5 Å². The van der Waals surface area contributed by atoms with E-state index in [0.717, 1.165) is 0 Å². The molecule has 9 nitrogen and oxygen atoms in total. The summed E-state index contributed by atoms with van der Waals surface area (Å²) in [5, 5.41) is 0. The molecule has 2 aliphatic rings. The van der Waals surface area contributed by atoms with Gasteiger partial charge >= 0.3 is 0 Å². The number of carbonyl (C=O) groups is 2. The number of nitrogens with zero attached hydrogens (tertiary/aromatic N) is 2. The van der Waals surface area contributed by atoms with Crippen molar-refractivity contribution in [1.82, 2.24) is 14.5 Å². The third-order valence-corrected chi connectivity index (χ3v) is 5.99. The molecule has 2 aliphatic heterocycles. The Bertz CT molecular complexity index is 818. The number of piperazine rings is 1. The number of hydrogen-bond donors (Lipinski definition) is 1. The fourth-order valence-corrected chi connectivity index (χ4v) is 4.04. The van der Waals surface area contributed by atoms with Gasteiger partial charge in [-0.2, -0.15) is 0 Å². The van der Waals surface area contributed by atoms with Crippen LogP contribution < -0.4 is 14.2 Å². The maximum absolute atomic E-state index is 12.4. The zero-order valence-corrected chi connectivity index (χ0v) is 16.0. The summed E-state index contributed by atoms with van der Waals surface area (Å²) in [5.74, 6) is 0.765. The zero-order chi connectivity index (χ0) is 19.4. The van der Waals surface area contributed by atoms with Crippen LogP contribution in [0.2, 0.25) is 0 Å². The van der Waals surface area contributed by atoms with Crippen molar-refractivity contribution in [1.29, 1.82) is 0 Å². The third-order valence-electron chi connectivity index (χ3n) is 4.53. The number of fused-ring (bicyclic) bond motifs is 1. The topological polar surface area (TPSA) is 105 Å². The Labute approximate surface area is 158 Å². The van der Waals surface area contributed by atoms with Crippen molar-refractivity contribution in [2.45, 2.75) is 18.2 Å². The molecule has 27 heavy (non-hydrogen) atoms. The van der Waals surface area contributed by atoms with Crippen molar-refractivity contribution >= 4 is 21.8 Å². The molecule has 0 unspecified atom stereocenters. The maximum atomic E-state index is 12.4. The van der Waals surface area contributed by atoms with Gasteiger partial charge in [0.2, 0.25) is 21.8 Å². The molecule has 148 valence electrons. The van der Waals surface area contributed by atoms with Crippen LogP contribution in [0.4, 0.5) is 0 Å². The molecule has 1 fully saturated rings. The van der Waals surface area contributed by atoms with Crippen molar-refractivity contribution in [3.63, 3.8) is 0 Å². The Morgan fingerprint density at radius 2 is 1.67 bits per heavy atom. The van der Waals surface area contributed by atoms with Crippen LogP contribution in [0.15, 0.2) is 23.1 Å². The first-order valence-electron chi connectivity index (χ1n) is 8.79. The number of rotatable bonds is 5. The quantitative estimate of drug-likeness (QED) is 0.739. The monoisotopic (exact) mass is 397 g/mol. The largest absolute Gasteiger partial charge is 0.486 e. The predicted octanol–water partition coefficient (Wildman–Crippen LogP) is -0.183. The smallest absolute Gasteiger partial charge is 0.240 e. The van der Waals surface area contributed by atoms with E-state index in [9.17, 15) is 18.0 Å². The van der Waals surface area contributed by atoms with E-state index in [4.69, 9.17) is 9.47 Å². The third kappa shape index (κ3) is 4.69. The zero-order valence-electron chi connectivity index (χ0n) is 15.1. The molecule has 0 radical (unpaired) electrons. The second-order valence-electron chi connectivity index (χ2n) is 6.34. The van der Waals surface area contributed by atoms with E-state index in [1.807, 2.05) is 0 Å². The standard InChI is InChI=1S/C17H23N3O6S/c1-13(21)19-6-8-20(9-7-19)17(22)4-5-18-27(23,24)14-2-3-15-16(12-14)26-11-10-25-15/h2-3,12,18H,4-11H2,1H3. The number of benzene rings is 1. The number of sulfonamides is 1. The van der Waals surface area contributed by atoms with Gasteiger partial charge < -0.3 is 19.3 Å². The molecule has 1 N–H and O–H groups in total. The van der Waals surface area contributed by atoms with Crippen LogP contribution >= 0.6 is 0 Å². The van der Waals surface area contributed by atoms with Crippen molar-refractivity contribution in [2.24, 2.45) is 0 Å². The molecule has 2 amide bonds.